The summed E-state index contributed by atoms with van der Waals surface area (Å²) in [5, 5.41) is 4.05. The molecule has 2 heterocycles. The third-order valence-corrected chi connectivity index (χ3v) is 3.74. The number of methoxy groups -OCH3 is 1. The lowest BCUT2D eigenvalue weighted by Gasteiger charge is -2.17. The third kappa shape index (κ3) is 4.68. The lowest BCUT2D eigenvalue weighted by Crippen LogP contribution is -2.08. The van der Waals surface area contributed by atoms with E-state index in [9.17, 15) is 0 Å². The first-order chi connectivity index (χ1) is 13.1. The fourth-order valence-corrected chi connectivity index (χ4v) is 2.62. The summed E-state index contributed by atoms with van der Waals surface area (Å²) in [6.07, 6.45) is 3.13. The summed E-state index contributed by atoms with van der Waals surface area (Å²) < 4.78 is 16.8. The molecular weight excluding hydrogens is 368 g/mol. The molecule has 8 heteroatoms. The predicted molar refractivity (Wildman–Crippen MR) is 106 cm³/mol. The number of hydrogen-bond donors (Lipinski definition) is 1. The summed E-state index contributed by atoms with van der Waals surface area (Å²) in [6, 6.07) is 7.29. The van der Waals surface area contributed by atoms with E-state index in [0.717, 1.165) is 11.1 Å². The smallest absolute Gasteiger partial charge is 0.214 e. The Morgan fingerprint density at radius 3 is 2.74 bits per heavy atom. The van der Waals surface area contributed by atoms with Gasteiger partial charge < -0.3 is 19.5 Å². The van der Waals surface area contributed by atoms with Crippen LogP contribution in [0.3, 0.4) is 0 Å². The van der Waals surface area contributed by atoms with Gasteiger partial charge in [0.2, 0.25) is 5.88 Å². The van der Waals surface area contributed by atoms with Crippen molar-refractivity contribution in [2.24, 2.45) is 0 Å². The second-order valence-corrected chi connectivity index (χ2v) is 6.33. The number of ether oxygens (including phenoxy) is 3. The Morgan fingerprint density at radius 2 is 2.00 bits per heavy atom. The maximum absolute atomic E-state index is 6.00. The van der Waals surface area contributed by atoms with Gasteiger partial charge >= 0.3 is 0 Å². The SMILES string of the molecule is COc1cc(Nc2ncnc3cc(OCCCl)cc(OC(C)C)c23)ccn1. The van der Waals surface area contributed by atoms with E-state index in [2.05, 4.69) is 20.3 Å². The number of pyridine rings is 1. The molecule has 0 bridgehead atoms. The number of rotatable bonds is 8. The lowest BCUT2D eigenvalue weighted by atomic mass is 10.2. The molecule has 3 aromatic rings. The molecule has 0 amide bonds. The first kappa shape index (κ1) is 19.0. The molecule has 7 nitrogen and oxygen atoms in total. The number of fused-ring (bicyclic) bond motifs is 1. The maximum Gasteiger partial charge on any atom is 0.214 e. The van der Waals surface area contributed by atoms with Gasteiger partial charge in [0.1, 0.15) is 30.3 Å². The van der Waals surface area contributed by atoms with Gasteiger partial charge in [-0.2, -0.15) is 0 Å². The van der Waals surface area contributed by atoms with Crippen molar-refractivity contribution in [3.05, 3.63) is 36.8 Å². The first-order valence-electron chi connectivity index (χ1n) is 8.52. The van der Waals surface area contributed by atoms with E-state index in [1.807, 2.05) is 32.0 Å². The number of anilines is 2. The van der Waals surface area contributed by atoms with Gasteiger partial charge in [0.15, 0.2) is 0 Å². The third-order valence-electron chi connectivity index (χ3n) is 3.59. The molecule has 0 spiro atoms. The zero-order valence-corrected chi connectivity index (χ0v) is 16.2. The number of aromatic nitrogens is 3. The van der Waals surface area contributed by atoms with Crippen LogP contribution in [-0.2, 0) is 0 Å². The van der Waals surface area contributed by atoms with Crippen LogP contribution in [-0.4, -0.2) is 40.7 Å². The standard InChI is InChI=1S/C19H21ClN4O3/c1-12(2)27-16-10-14(26-7-5-20)9-15-18(16)19(23-11-22-15)24-13-4-6-21-17(8-13)25-3/h4,6,8-12H,5,7H2,1-3H3,(H,21,22,23,24). The van der Waals surface area contributed by atoms with Gasteiger partial charge in [-0.25, -0.2) is 15.0 Å². The van der Waals surface area contributed by atoms with E-state index < -0.39 is 0 Å². The maximum atomic E-state index is 6.00. The zero-order chi connectivity index (χ0) is 19.2. The highest BCUT2D eigenvalue weighted by Gasteiger charge is 2.15. The lowest BCUT2D eigenvalue weighted by molar-refractivity contribution is 0.243. The number of hydrogen-bond acceptors (Lipinski definition) is 7. The molecule has 0 aliphatic heterocycles. The van der Waals surface area contributed by atoms with E-state index in [1.54, 1.807) is 19.4 Å². The van der Waals surface area contributed by atoms with E-state index >= 15 is 0 Å². The summed E-state index contributed by atoms with van der Waals surface area (Å²) in [5.74, 6) is 2.81. The molecule has 2 aromatic heterocycles. The van der Waals surface area contributed by atoms with E-state index in [1.165, 1.54) is 6.33 Å². The topological polar surface area (TPSA) is 78.4 Å². The summed E-state index contributed by atoms with van der Waals surface area (Å²) >= 11 is 5.73. The highest BCUT2D eigenvalue weighted by atomic mass is 35.5. The molecule has 27 heavy (non-hydrogen) atoms. The Balaban J connectivity index is 2.06. The van der Waals surface area contributed by atoms with Crippen LogP contribution in [0.4, 0.5) is 11.5 Å². The van der Waals surface area contributed by atoms with Crippen LogP contribution in [0.15, 0.2) is 36.8 Å². The van der Waals surface area contributed by atoms with Crippen molar-refractivity contribution in [2.45, 2.75) is 20.0 Å². The molecule has 3 rings (SSSR count). The van der Waals surface area contributed by atoms with Crippen molar-refractivity contribution in [3.8, 4) is 17.4 Å². The molecule has 1 aromatic carbocycles. The molecule has 0 radical (unpaired) electrons. The van der Waals surface area contributed by atoms with Crippen molar-refractivity contribution in [1.29, 1.82) is 0 Å². The van der Waals surface area contributed by atoms with Crippen LogP contribution in [0.2, 0.25) is 0 Å². The monoisotopic (exact) mass is 388 g/mol. The van der Waals surface area contributed by atoms with Gasteiger partial charge in [-0.05, 0) is 19.9 Å². The van der Waals surface area contributed by atoms with E-state index in [0.29, 0.717) is 41.2 Å². The fraction of sp³-hybridized carbons (Fsp3) is 0.316. The second-order valence-electron chi connectivity index (χ2n) is 5.95. The number of nitrogens with one attached hydrogen (secondary N) is 1. The number of benzene rings is 1. The number of nitrogens with zero attached hydrogens (tertiary/aromatic N) is 3. The molecule has 0 aliphatic carbocycles. The van der Waals surface area contributed by atoms with Crippen LogP contribution >= 0.6 is 11.6 Å². The fourth-order valence-electron chi connectivity index (χ4n) is 2.55. The van der Waals surface area contributed by atoms with E-state index in [4.69, 9.17) is 25.8 Å². The van der Waals surface area contributed by atoms with Gasteiger partial charge in [0.25, 0.3) is 0 Å². The van der Waals surface area contributed by atoms with Crippen molar-refractivity contribution >= 4 is 34.0 Å². The van der Waals surface area contributed by atoms with Crippen LogP contribution < -0.4 is 19.5 Å². The predicted octanol–water partition coefficient (Wildman–Crippen LogP) is 4.18. The summed E-state index contributed by atoms with van der Waals surface area (Å²) in [7, 11) is 1.57. The van der Waals surface area contributed by atoms with Gasteiger partial charge in [-0.1, -0.05) is 0 Å². The highest BCUT2D eigenvalue weighted by molar-refractivity contribution is 6.18. The minimum atomic E-state index is -0.0226. The summed E-state index contributed by atoms with van der Waals surface area (Å²) in [4.78, 5) is 12.9. The molecular formula is C19H21ClN4O3. The summed E-state index contributed by atoms with van der Waals surface area (Å²) in [6.45, 7) is 4.33. The molecule has 142 valence electrons. The number of halogens is 1. The van der Waals surface area contributed by atoms with Gasteiger partial charge in [-0.15, -0.1) is 11.6 Å². The number of alkyl halides is 1. The minimum absolute atomic E-state index is 0.0226. The van der Waals surface area contributed by atoms with Gasteiger partial charge in [0.05, 0.1) is 30.0 Å². The quantitative estimate of drug-likeness (QED) is 0.580. The van der Waals surface area contributed by atoms with Crippen LogP contribution in [0, 0.1) is 0 Å². The Kier molecular flexibility index (Phi) is 6.13. The molecule has 1 N–H and O–H groups in total. The minimum Gasteiger partial charge on any atom is -0.492 e. The van der Waals surface area contributed by atoms with Crippen molar-refractivity contribution < 1.29 is 14.2 Å². The first-order valence-corrected chi connectivity index (χ1v) is 9.05. The van der Waals surface area contributed by atoms with Crippen LogP contribution in [0.1, 0.15) is 13.8 Å². The van der Waals surface area contributed by atoms with Crippen LogP contribution in [0.5, 0.6) is 17.4 Å². The van der Waals surface area contributed by atoms with Crippen molar-refractivity contribution in [1.82, 2.24) is 15.0 Å². The Morgan fingerprint density at radius 1 is 1.15 bits per heavy atom. The second kappa shape index (κ2) is 8.73. The average molecular weight is 389 g/mol. The summed E-state index contributed by atoms with van der Waals surface area (Å²) in [5.41, 5.74) is 1.50. The molecule has 0 saturated heterocycles. The molecule has 0 fully saturated rings. The van der Waals surface area contributed by atoms with Crippen LogP contribution in [0.25, 0.3) is 10.9 Å². The van der Waals surface area contributed by atoms with Crippen molar-refractivity contribution in [2.75, 3.05) is 24.9 Å². The molecule has 0 unspecified atom stereocenters. The highest BCUT2D eigenvalue weighted by Crippen LogP contribution is 2.36. The molecule has 0 aliphatic rings. The Bertz CT molecular complexity index is 921. The molecule has 0 atom stereocenters. The van der Waals surface area contributed by atoms with E-state index in [-0.39, 0.29) is 6.10 Å². The van der Waals surface area contributed by atoms with Gasteiger partial charge in [0, 0.05) is 30.1 Å². The Labute approximate surface area is 162 Å². The largest absolute Gasteiger partial charge is 0.492 e. The molecule has 0 saturated carbocycles. The normalized spacial score (nSPS) is 10.9. The van der Waals surface area contributed by atoms with Gasteiger partial charge in [-0.3, -0.25) is 0 Å². The Hall–Kier alpha value is -2.80. The zero-order valence-electron chi connectivity index (χ0n) is 15.4. The average Bonchev–Trinajstić information content (AvgIpc) is 2.66. The van der Waals surface area contributed by atoms with Crippen molar-refractivity contribution in [3.63, 3.8) is 0 Å².